The van der Waals surface area contributed by atoms with Gasteiger partial charge in [0.15, 0.2) is 5.76 Å². The van der Waals surface area contributed by atoms with Crippen LogP contribution in [0.1, 0.15) is 38.3 Å². The summed E-state index contributed by atoms with van der Waals surface area (Å²) in [7, 11) is 0. The highest BCUT2D eigenvalue weighted by atomic mass is 35.5. The number of piperidine rings is 1. The van der Waals surface area contributed by atoms with E-state index in [4.69, 9.17) is 16.1 Å². The molecule has 1 saturated heterocycles. The summed E-state index contributed by atoms with van der Waals surface area (Å²) in [5.41, 5.74) is 1.59. The second kappa shape index (κ2) is 7.18. The van der Waals surface area contributed by atoms with E-state index in [1.54, 1.807) is 0 Å². The lowest BCUT2D eigenvalue weighted by atomic mass is 9.99. The van der Waals surface area contributed by atoms with Crippen LogP contribution in [0.5, 0.6) is 0 Å². The van der Waals surface area contributed by atoms with Crippen LogP contribution in [-0.4, -0.2) is 28.6 Å². The predicted molar refractivity (Wildman–Crippen MR) is 90.3 cm³/mol. The third-order valence-electron chi connectivity index (χ3n) is 4.44. The Labute approximate surface area is 141 Å². The lowest BCUT2D eigenvalue weighted by Gasteiger charge is -2.35. The van der Waals surface area contributed by atoms with Gasteiger partial charge in [-0.2, -0.15) is 0 Å². The van der Waals surface area contributed by atoms with Crippen LogP contribution in [0.3, 0.4) is 0 Å². The SMILES string of the molecule is CCC1CCCCN1C(=O)Cc1cc(-c2ccc(Cl)cc2)on1. The van der Waals surface area contributed by atoms with Gasteiger partial charge in [0.2, 0.25) is 5.91 Å². The number of carbonyl (C=O) groups excluding carboxylic acids is 1. The van der Waals surface area contributed by atoms with Crippen LogP contribution in [0.2, 0.25) is 5.02 Å². The van der Waals surface area contributed by atoms with E-state index >= 15 is 0 Å². The zero-order valence-electron chi connectivity index (χ0n) is 13.3. The van der Waals surface area contributed by atoms with E-state index in [0.29, 0.717) is 28.9 Å². The number of likely N-dealkylation sites (tertiary alicyclic amines) is 1. The van der Waals surface area contributed by atoms with Crippen molar-refractivity contribution in [3.63, 3.8) is 0 Å². The van der Waals surface area contributed by atoms with Crippen molar-refractivity contribution >= 4 is 17.5 Å². The van der Waals surface area contributed by atoms with Gasteiger partial charge in [0, 0.05) is 29.2 Å². The van der Waals surface area contributed by atoms with E-state index in [2.05, 4.69) is 12.1 Å². The van der Waals surface area contributed by atoms with Gasteiger partial charge >= 0.3 is 0 Å². The molecule has 2 heterocycles. The number of carbonyl (C=O) groups is 1. The summed E-state index contributed by atoms with van der Waals surface area (Å²) < 4.78 is 5.37. The molecule has 23 heavy (non-hydrogen) atoms. The molecule has 1 aliphatic rings. The minimum Gasteiger partial charge on any atom is -0.356 e. The second-order valence-electron chi connectivity index (χ2n) is 6.01. The molecule has 0 spiro atoms. The summed E-state index contributed by atoms with van der Waals surface area (Å²) in [4.78, 5) is 14.6. The molecule has 1 unspecified atom stereocenters. The van der Waals surface area contributed by atoms with Crippen LogP contribution < -0.4 is 0 Å². The minimum absolute atomic E-state index is 0.146. The fourth-order valence-electron chi connectivity index (χ4n) is 3.16. The molecule has 1 aromatic carbocycles. The lowest BCUT2D eigenvalue weighted by molar-refractivity contribution is -0.134. The molecule has 5 heteroatoms. The predicted octanol–water partition coefficient (Wildman–Crippen LogP) is 4.33. The van der Waals surface area contributed by atoms with Crippen molar-refractivity contribution in [1.82, 2.24) is 10.1 Å². The number of hydrogen-bond donors (Lipinski definition) is 0. The molecule has 1 aromatic heterocycles. The number of aromatic nitrogens is 1. The molecule has 0 radical (unpaired) electrons. The third kappa shape index (κ3) is 3.75. The van der Waals surface area contributed by atoms with Gasteiger partial charge in [-0.05, 0) is 49.9 Å². The van der Waals surface area contributed by atoms with E-state index < -0.39 is 0 Å². The average molecular weight is 333 g/mol. The molecule has 4 nitrogen and oxygen atoms in total. The number of halogens is 1. The standard InChI is InChI=1S/C18H21ClN2O2/c1-2-16-5-3-4-10-21(16)18(22)12-15-11-17(23-20-15)13-6-8-14(19)9-7-13/h6-9,11,16H,2-5,10,12H2,1H3. The van der Waals surface area contributed by atoms with Crippen LogP contribution in [0.15, 0.2) is 34.9 Å². The molecule has 0 aliphatic carbocycles. The van der Waals surface area contributed by atoms with Gasteiger partial charge in [-0.3, -0.25) is 4.79 Å². The molecule has 0 bridgehead atoms. The van der Waals surface area contributed by atoms with Crippen molar-refractivity contribution in [2.24, 2.45) is 0 Å². The Morgan fingerprint density at radius 3 is 2.87 bits per heavy atom. The van der Waals surface area contributed by atoms with E-state index in [1.165, 1.54) is 6.42 Å². The normalized spacial score (nSPS) is 18.2. The summed E-state index contributed by atoms with van der Waals surface area (Å²) in [6.45, 7) is 3.00. The van der Waals surface area contributed by atoms with Crippen molar-refractivity contribution in [1.29, 1.82) is 0 Å². The molecule has 2 aromatic rings. The number of benzene rings is 1. The highest BCUT2D eigenvalue weighted by molar-refractivity contribution is 6.30. The summed E-state index contributed by atoms with van der Waals surface area (Å²) in [6, 6.07) is 9.59. The highest BCUT2D eigenvalue weighted by Gasteiger charge is 2.25. The topological polar surface area (TPSA) is 46.3 Å². The highest BCUT2D eigenvalue weighted by Crippen LogP contribution is 2.24. The first-order valence-corrected chi connectivity index (χ1v) is 8.56. The second-order valence-corrected chi connectivity index (χ2v) is 6.45. The molecule has 0 N–H and O–H groups in total. The summed E-state index contributed by atoms with van der Waals surface area (Å²) in [6.07, 6.45) is 4.73. The van der Waals surface area contributed by atoms with Crippen LogP contribution in [0.25, 0.3) is 11.3 Å². The van der Waals surface area contributed by atoms with E-state index in [0.717, 1.165) is 31.4 Å². The van der Waals surface area contributed by atoms with E-state index in [9.17, 15) is 4.79 Å². The Bertz CT molecular complexity index is 666. The van der Waals surface area contributed by atoms with Gasteiger partial charge in [-0.1, -0.05) is 23.7 Å². The Hall–Kier alpha value is -1.81. The molecular weight excluding hydrogens is 312 g/mol. The molecule has 1 aliphatic heterocycles. The number of hydrogen-bond acceptors (Lipinski definition) is 3. The van der Waals surface area contributed by atoms with Crippen LogP contribution in [0.4, 0.5) is 0 Å². The van der Waals surface area contributed by atoms with Gasteiger partial charge < -0.3 is 9.42 Å². The average Bonchev–Trinajstić information content (AvgIpc) is 3.04. The van der Waals surface area contributed by atoms with Crippen molar-refractivity contribution < 1.29 is 9.32 Å². The summed E-state index contributed by atoms with van der Waals surface area (Å²) in [5, 5.41) is 4.73. The maximum absolute atomic E-state index is 12.6. The molecule has 0 saturated carbocycles. The van der Waals surface area contributed by atoms with Gasteiger partial charge in [0.1, 0.15) is 0 Å². The largest absolute Gasteiger partial charge is 0.356 e. The van der Waals surface area contributed by atoms with E-state index in [-0.39, 0.29) is 5.91 Å². The van der Waals surface area contributed by atoms with Crippen molar-refractivity contribution in [3.05, 3.63) is 41.0 Å². The first-order chi connectivity index (χ1) is 11.2. The smallest absolute Gasteiger partial charge is 0.228 e. The number of rotatable bonds is 4. The Morgan fingerprint density at radius 1 is 1.35 bits per heavy atom. The first kappa shape index (κ1) is 16.1. The van der Waals surface area contributed by atoms with Crippen molar-refractivity contribution in [2.45, 2.75) is 45.1 Å². The van der Waals surface area contributed by atoms with Crippen LogP contribution in [-0.2, 0) is 11.2 Å². The Kier molecular flexibility index (Phi) is 5.01. The molecular formula is C18H21ClN2O2. The molecule has 3 rings (SSSR count). The number of nitrogens with zero attached hydrogens (tertiary/aromatic N) is 2. The molecule has 122 valence electrons. The summed E-state index contributed by atoms with van der Waals surface area (Å²) >= 11 is 5.89. The fourth-order valence-corrected chi connectivity index (χ4v) is 3.28. The zero-order valence-corrected chi connectivity index (χ0v) is 14.1. The van der Waals surface area contributed by atoms with Crippen LogP contribution >= 0.6 is 11.6 Å². The monoisotopic (exact) mass is 332 g/mol. The van der Waals surface area contributed by atoms with Crippen molar-refractivity contribution in [2.75, 3.05) is 6.54 Å². The van der Waals surface area contributed by atoms with Gasteiger partial charge in [0.25, 0.3) is 0 Å². The quantitative estimate of drug-likeness (QED) is 0.837. The van der Waals surface area contributed by atoms with Gasteiger partial charge in [-0.15, -0.1) is 0 Å². The van der Waals surface area contributed by atoms with Gasteiger partial charge in [-0.25, -0.2) is 0 Å². The maximum atomic E-state index is 12.6. The van der Waals surface area contributed by atoms with E-state index in [1.807, 2.05) is 35.2 Å². The molecule has 1 amide bonds. The fraction of sp³-hybridized carbons (Fsp3) is 0.444. The molecule has 1 atom stereocenters. The number of amides is 1. The van der Waals surface area contributed by atoms with Gasteiger partial charge in [0.05, 0.1) is 12.1 Å². The first-order valence-electron chi connectivity index (χ1n) is 8.18. The maximum Gasteiger partial charge on any atom is 0.228 e. The Morgan fingerprint density at radius 2 is 2.13 bits per heavy atom. The third-order valence-corrected chi connectivity index (χ3v) is 4.69. The van der Waals surface area contributed by atoms with Crippen LogP contribution in [0, 0.1) is 0 Å². The molecule has 1 fully saturated rings. The lowest BCUT2D eigenvalue weighted by Crippen LogP contribution is -2.44. The summed E-state index contributed by atoms with van der Waals surface area (Å²) in [5.74, 6) is 0.808. The van der Waals surface area contributed by atoms with Crippen molar-refractivity contribution in [3.8, 4) is 11.3 Å². The zero-order chi connectivity index (χ0) is 16.2. The Balaban J connectivity index is 1.68. The minimum atomic E-state index is 0.146.